The van der Waals surface area contributed by atoms with E-state index in [9.17, 15) is 9.59 Å². The molecule has 0 fully saturated rings. The maximum Gasteiger partial charge on any atom is 0.244 e. The van der Waals surface area contributed by atoms with E-state index in [0.717, 1.165) is 12.1 Å². The number of amides is 2. The summed E-state index contributed by atoms with van der Waals surface area (Å²) in [6.07, 6.45) is 0. The fourth-order valence-electron chi connectivity index (χ4n) is 1.65. The van der Waals surface area contributed by atoms with Crippen molar-refractivity contribution in [3.05, 3.63) is 35.9 Å². The van der Waals surface area contributed by atoms with Crippen molar-refractivity contribution in [1.29, 1.82) is 0 Å². The molecule has 1 aromatic rings. The summed E-state index contributed by atoms with van der Waals surface area (Å²) in [4.78, 5) is 23.1. The summed E-state index contributed by atoms with van der Waals surface area (Å²) in [5, 5.41) is 8.51. The van der Waals surface area contributed by atoms with E-state index in [0.29, 0.717) is 13.1 Å². The Balaban J connectivity index is 2.48. The number of hydrogen-bond acceptors (Lipinski definition) is 3. The van der Waals surface area contributed by atoms with Crippen LogP contribution in [0.3, 0.4) is 0 Å². The predicted molar refractivity (Wildman–Crippen MR) is 74.4 cm³/mol. The molecule has 1 aromatic carbocycles. The first-order chi connectivity index (χ1) is 9.13. The lowest BCUT2D eigenvalue weighted by Crippen LogP contribution is -2.51. The first-order valence-corrected chi connectivity index (χ1v) is 6.43. The van der Waals surface area contributed by atoms with E-state index in [-0.39, 0.29) is 11.8 Å². The van der Waals surface area contributed by atoms with E-state index in [1.165, 1.54) is 6.92 Å². The number of benzene rings is 1. The van der Waals surface area contributed by atoms with Gasteiger partial charge in [0.05, 0.1) is 0 Å². The molecule has 0 radical (unpaired) electrons. The molecule has 3 N–H and O–H groups in total. The van der Waals surface area contributed by atoms with Gasteiger partial charge in [0.2, 0.25) is 11.8 Å². The van der Waals surface area contributed by atoms with E-state index in [4.69, 9.17) is 0 Å². The fraction of sp³-hybridized carbons (Fsp3) is 0.429. The van der Waals surface area contributed by atoms with E-state index < -0.39 is 6.04 Å². The highest BCUT2D eigenvalue weighted by molar-refractivity contribution is 5.87. The summed E-state index contributed by atoms with van der Waals surface area (Å²) in [6.45, 7) is 5.00. The van der Waals surface area contributed by atoms with Crippen LogP contribution < -0.4 is 16.0 Å². The number of likely N-dealkylation sites (N-methyl/N-ethyl adjacent to an activating group) is 1. The highest BCUT2D eigenvalue weighted by Crippen LogP contribution is 1.97. The number of rotatable bonds is 7. The number of carbonyl (C=O) groups is 2. The van der Waals surface area contributed by atoms with Gasteiger partial charge in [-0.2, -0.15) is 0 Å². The second-order valence-corrected chi connectivity index (χ2v) is 4.26. The van der Waals surface area contributed by atoms with Crippen molar-refractivity contribution in [3.63, 3.8) is 0 Å². The summed E-state index contributed by atoms with van der Waals surface area (Å²) in [5.41, 5.74) is 1.03. The van der Waals surface area contributed by atoms with Gasteiger partial charge in [0.15, 0.2) is 0 Å². The normalized spacial score (nSPS) is 11.7. The molecule has 1 rings (SSSR count). The van der Waals surface area contributed by atoms with E-state index in [1.807, 2.05) is 37.3 Å². The van der Waals surface area contributed by atoms with Gasteiger partial charge in [0, 0.05) is 20.0 Å². The zero-order chi connectivity index (χ0) is 14.1. The molecule has 0 saturated heterocycles. The zero-order valence-corrected chi connectivity index (χ0v) is 11.4. The van der Waals surface area contributed by atoms with Crippen LogP contribution in [-0.2, 0) is 16.1 Å². The van der Waals surface area contributed by atoms with Crippen molar-refractivity contribution in [3.8, 4) is 0 Å². The Morgan fingerprint density at radius 3 is 2.47 bits per heavy atom. The topological polar surface area (TPSA) is 70.2 Å². The van der Waals surface area contributed by atoms with Crippen LogP contribution in [0.1, 0.15) is 19.4 Å². The highest BCUT2D eigenvalue weighted by Gasteiger charge is 2.18. The van der Waals surface area contributed by atoms with Crippen LogP contribution in [0.2, 0.25) is 0 Å². The molecule has 104 valence electrons. The summed E-state index contributed by atoms with van der Waals surface area (Å²) in [5.74, 6) is -0.391. The monoisotopic (exact) mass is 263 g/mol. The van der Waals surface area contributed by atoms with Gasteiger partial charge < -0.3 is 16.0 Å². The Kier molecular flexibility index (Phi) is 6.60. The predicted octanol–water partition coefficient (Wildman–Crippen LogP) is 0.417. The van der Waals surface area contributed by atoms with Crippen molar-refractivity contribution in [2.45, 2.75) is 26.4 Å². The van der Waals surface area contributed by atoms with Crippen molar-refractivity contribution in [1.82, 2.24) is 16.0 Å². The molecule has 0 aromatic heterocycles. The van der Waals surface area contributed by atoms with Gasteiger partial charge in [-0.05, 0) is 12.1 Å². The van der Waals surface area contributed by atoms with Crippen LogP contribution in [0.4, 0.5) is 0 Å². The maximum absolute atomic E-state index is 12.0. The van der Waals surface area contributed by atoms with Gasteiger partial charge >= 0.3 is 0 Å². The molecule has 0 unspecified atom stereocenters. The molecule has 0 heterocycles. The fourth-order valence-corrected chi connectivity index (χ4v) is 1.65. The molecule has 0 aliphatic rings. The molecule has 0 aliphatic heterocycles. The van der Waals surface area contributed by atoms with Crippen molar-refractivity contribution in [2.24, 2.45) is 0 Å². The molecule has 5 heteroatoms. The van der Waals surface area contributed by atoms with Crippen LogP contribution in [0.5, 0.6) is 0 Å². The Bertz CT molecular complexity index is 406. The summed E-state index contributed by atoms with van der Waals surface area (Å²) in [6, 6.07) is 9.12. The van der Waals surface area contributed by atoms with Crippen molar-refractivity contribution >= 4 is 11.8 Å². The average molecular weight is 263 g/mol. The lowest BCUT2D eigenvalue weighted by molar-refractivity contribution is -0.128. The third kappa shape index (κ3) is 6.01. The number of nitrogens with one attached hydrogen (secondary N) is 3. The van der Waals surface area contributed by atoms with Gasteiger partial charge in [-0.3, -0.25) is 9.59 Å². The van der Waals surface area contributed by atoms with Crippen LogP contribution in [-0.4, -0.2) is 30.9 Å². The third-order valence-corrected chi connectivity index (χ3v) is 2.60. The number of hydrogen-bond donors (Lipinski definition) is 3. The van der Waals surface area contributed by atoms with Gasteiger partial charge in [-0.25, -0.2) is 0 Å². The molecular weight excluding hydrogens is 242 g/mol. The van der Waals surface area contributed by atoms with Crippen LogP contribution in [0, 0.1) is 0 Å². The van der Waals surface area contributed by atoms with Gasteiger partial charge in [0.25, 0.3) is 0 Å². The second kappa shape index (κ2) is 8.26. The quantitative estimate of drug-likeness (QED) is 0.667. The van der Waals surface area contributed by atoms with Crippen LogP contribution in [0.15, 0.2) is 30.3 Å². The standard InChI is InChI=1S/C14H21N3O2/c1-3-15-10-13(17-11(2)18)14(19)16-9-12-7-5-4-6-8-12/h4-8,13,15H,3,9-10H2,1-2H3,(H,16,19)(H,17,18)/t13-/m1/s1. The molecule has 0 spiro atoms. The third-order valence-electron chi connectivity index (χ3n) is 2.60. The molecule has 19 heavy (non-hydrogen) atoms. The Labute approximate surface area is 113 Å². The maximum atomic E-state index is 12.0. The minimum Gasteiger partial charge on any atom is -0.350 e. The van der Waals surface area contributed by atoms with E-state index >= 15 is 0 Å². The van der Waals surface area contributed by atoms with Gasteiger partial charge in [0.1, 0.15) is 6.04 Å². The first-order valence-electron chi connectivity index (χ1n) is 6.43. The van der Waals surface area contributed by atoms with E-state index in [1.54, 1.807) is 0 Å². The second-order valence-electron chi connectivity index (χ2n) is 4.26. The summed E-state index contributed by atoms with van der Waals surface area (Å²) in [7, 11) is 0. The molecule has 1 atom stereocenters. The SMILES string of the molecule is CCNC[C@@H](NC(C)=O)C(=O)NCc1ccccc1. The van der Waals surface area contributed by atoms with Gasteiger partial charge in [-0.15, -0.1) is 0 Å². The van der Waals surface area contributed by atoms with Gasteiger partial charge in [-0.1, -0.05) is 37.3 Å². The minimum atomic E-state index is -0.541. The van der Waals surface area contributed by atoms with E-state index in [2.05, 4.69) is 16.0 Å². The zero-order valence-electron chi connectivity index (χ0n) is 11.4. The van der Waals surface area contributed by atoms with Crippen molar-refractivity contribution < 1.29 is 9.59 Å². The molecule has 0 saturated carbocycles. The number of carbonyl (C=O) groups excluding carboxylic acids is 2. The highest BCUT2D eigenvalue weighted by atomic mass is 16.2. The average Bonchev–Trinajstić information content (AvgIpc) is 2.41. The minimum absolute atomic E-state index is 0.181. The lowest BCUT2D eigenvalue weighted by atomic mass is 10.2. The Hall–Kier alpha value is -1.88. The molecule has 2 amide bonds. The largest absolute Gasteiger partial charge is 0.350 e. The van der Waals surface area contributed by atoms with Crippen LogP contribution in [0.25, 0.3) is 0 Å². The molecule has 5 nitrogen and oxygen atoms in total. The van der Waals surface area contributed by atoms with Crippen molar-refractivity contribution in [2.75, 3.05) is 13.1 Å². The summed E-state index contributed by atoms with van der Waals surface area (Å²) < 4.78 is 0. The summed E-state index contributed by atoms with van der Waals surface area (Å²) >= 11 is 0. The smallest absolute Gasteiger partial charge is 0.244 e. The first kappa shape index (κ1) is 15.2. The Morgan fingerprint density at radius 1 is 1.21 bits per heavy atom. The molecule has 0 aliphatic carbocycles. The molecular formula is C14H21N3O2. The lowest BCUT2D eigenvalue weighted by Gasteiger charge is -2.17. The Morgan fingerprint density at radius 2 is 1.89 bits per heavy atom. The molecule has 0 bridgehead atoms. The van der Waals surface area contributed by atoms with Crippen LogP contribution >= 0.6 is 0 Å².